The second kappa shape index (κ2) is 7.55. The molecule has 4 nitrogen and oxygen atoms in total. The highest BCUT2D eigenvalue weighted by Gasteiger charge is 2.09. The molecule has 2 N–H and O–H groups in total. The summed E-state index contributed by atoms with van der Waals surface area (Å²) >= 11 is 0. The molecule has 0 aliphatic carbocycles. The average molecular weight is 283 g/mol. The molecule has 0 saturated carbocycles. The minimum absolute atomic E-state index is 0.117. The van der Waals surface area contributed by atoms with Crippen LogP contribution in [0.3, 0.4) is 0 Å². The molecule has 0 aliphatic rings. The van der Waals surface area contributed by atoms with Crippen molar-refractivity contribution in [2.75, 3.05) is 13.6 Å². The maximum atomic E-state index is 12.2. The Morgan fingerprint density at radius 2 is 1.86 bits per heavy atom. The van der Waals surface area contributed by atoms with Gasteiger partial charge in [-0.15, -0.1) is 0 Å². The van der Waals surface area contributed by atoms with Gasteiger partial charge < -0.3 is 10.6 Å². The summed E-state index contributed by atoms with van der Waals surface area (Å²) in [5, 5.41) is 0. The van der Waals surface area contributed by atoms with E-state index in [9.17, 15) is 4.79 Å². The van der Waals surface area contributed by atoms with Crippen LogP contribution < -0.4 is 5.73 Å². The Bertz CT molecular complexity index is 566. The number of pyridine rings is 1. The van der Waals surface area contributed by atoms with Crippen molar-refractivity contribution in [1.29, 1.82) is 0 Å². The summed E-state index contributed by atoms with van der Waals surface area (Å²) in [5.41, 5.74) is 8.66. The molecule has 1 heterocycles. The van der Waals surface area contributed by atoms with Crippen molar-refractivity contribution in [3.05, 3.63) is 65.5 Å². The molecule has 0 atom stereocenters. The summed E-state index contributed by atoms with van der Waals surface area (Å²) in [7, 11) is 1.83. The zero-order valence-electron chi connectivity index (χ0n) is 12.3. The number of nitrogens with two attached hydrogens (primary N) is 1. The number of hydrogen-bond donors (Lipinski definition) is 1. The van der Waals surface area contributed by atoms with Crippen LogP contribution in [0.5, 0.6) is 0 Å². The first-order valence-electron chi connectivity index (χ1n) is 7.11. The Labute approximate surface area is 125 Å². The second-order valence-electron chi connectivity index (χ2n) is 5.08. The standard InChI is InChI=1S/C17H21N3O/c1-20(11-9-16-4-2-3-10-19-16)17(21)12-14-5-7-15(13-18)8-6-14/h2-8,10H,9,11-13,18H2,1H3. The molecule has 0 radical (unpaired) electrons. The first-order valence-corrected chi connectivity index (χ1v) is 7.11. The van der Waals surface area contributed by atoms with Gasteiger partial charge >= 0.3 is 0 Å². The summed E-state index contributed by atoms with van der Waals surface area (Å²) in [6.07, 6.45) is 2.97. The largest absolute Gasteiger partial charge is 0.345 e. The maximum Gasteiger partial charge on any atom is 0.226 e. The van der Waals surface area contributed by atoms with E-state index in [4.69, 9.17) is 5.73 Å². The van der Waals surface area contributed by atoms with Gasteiger partial charge in [0, 0.05) is 38.4 Å². The lowest BCUT2D eigenvalue weighted by molar-refractivity contribution is -0.129. The van der Waals surface area contributed by atoms with E-state index in [1.165, 1.54) is 0 Å². The lowest BCUT2D eigenvalue weighted by atomic mass is 10.1. The normalized spacial score (nSPS) is 10.4. The third-order valence-electron chi connectivity index (χ3n) is 3.47. The third-order valence-corrected chi connectivity index (χ3v) is 3.47. The molecule has 2 rings (SSSR count). The van der Waals surface area contributed by atoms with Gasteiger partial charge in [-0.2, -0.15) is 0 Å². The number of rotatable bonds is 6. The lowest BCUT2D eigenvalue weighted by Crippen LogP contribution is -2.30. The molecule has 0 bridgehead atoms. The number of carbonyl (C=O) groups excluding carboxylic acids is 1. The first-order chi connectivity index (χ1) is 10.2. The molecule has 1 aromatic heterocycles. The minimum atomic E-state index is 0.117. The molecule has 110 valence electrons. The molecule has 0 saturated heterocycles. The number of nitrogens with zero attached hydrogens (tertiary/aromatic N) is 2. The van der Waals surface area contributed by atoms with Gasteiger partial charge in [0.05, 0.1) is 6.42 Å². The summed E-state index contributed by atoms with van der Waals surface area (Å²) in [5.74, 6) is 0.117. The number of carbonyl (C=O) groups is 1. The Morgan fingerprint density at radius 3 is 2.48 bits per heavy atom. The summed E-state index contributed by atoms with van der Waals surface area (Å²) < 4.78 is 0. The van der Waals surface area contributed by atoms with E-state index in [1.54, 1.807) is 11.1 Å². The van der Waals surface area contributed by atoms with Crippen molar-refractivity contribution < 1.29 is 4.79 Å². The highest BCUT2D eigenvalue weighted by Crippen LogP contribution is 2.06. The van der Waals surface area contributed by atoms with Gasteiger partial charge in [-0.1, -0.05) is 30.3 Å². The summed E-state index contributed by atoms with van der Waals surface area (Å²) in [6, 6.07) is 13.7. The highest BCUT2D eigenvalue weighted by molar-refractivity contribution is 5.78. The Morgan fingerprint density at radius 1 is 1.14 bits per heavy atom. The fraction of sp³-hybridized carbons (Fsp3) is 0.294. The fourth-order valence-electron chi connectivity index (χ4n) is 2.06. The van der Waals surface area contributed by atoms with E-state index in [0.29, 0.717) is 19.5 Å². The van der Waals surface area contributed by atoms with Gasteiger partial charge in [-0.25, -0.2) is 0 Å². The minimum Gasteiger partial charge on any atom is -0.345 e. The number of aromatic nitrogens is 1. The monoisotopic (exact) mass is 283 g/mol. The van der Waals surface area contributed by atoms with Crippen molar-refractivity contribution in [2.45, 2.75) is 19.4 Å². The zero-order chi connectivity index (χ0) is 15.1. The van der Waals surface area contributed by atoms with E-state index in [0.717, 1.165) is 23.2 Å². The molecule has 21 heavy (non-hydrogen) atoms. The predicted molar refractivity (Wildman–Crippen MR) is 83.6 cm³/mol. The number of hydrogen-bond acceptors (Lipinski definition) is 3. The van der Waals surface area contributed by atoms with E-state index < -0.39 is 0 Å². The topological polar surface area (TPSA) is 59.2 Å². The number of likely N-dealkylation sites (N-methyl/N-ethyl adjacent to an activating group) is 1. The summed E-state index contributed by atoms with van der Waals surface area (Å²) in [6.45, 7) is 1.20. The van der Waals surface area contributed by atoms with Crippen LogP contribution in [0.4, 0.5) is 0 Å². The third kappa shape index (κ3) is 4.68. The van der Waals surface area contributed by atoms with Crippen molar-refractivity contribution in [3.63, 3.8) is 0 Å². The van der Waals surface area contributed by atoms with Gasteiger partial charge in [-0.3, -0.25) is 9.78 Å². The molecule has 0 fully saturated rings. The lowest BCUT2D eigenvalue weighted by Gasteiger charge is -2.17. The predicted octanol–water partition coefficient (Wildman–Crippen LogP) is 1.78. The van der Waals surface area contributed by atoms with Crippen LogP contribution in [-0.4, -0.2) is 29.4 Å². The van der Waals surface area contributed by atoms with E-state index in [1.807, 2.05) is 49.5 Å². The zero-order valence-corrected chi connectivity index (χ0v) is 12.3. The van der Waals surface area contributed by atoms with Crippen LogP contribution in [0.2, 0.25) is 0 Å². The molecule has 0 aliphatic heterocycles. The SMILES string of the molecule is CN(CCc1ccccn1)C(=O)Cc1ccc(CN)cc1. The Kier molecular flexibility index (Phi) is 5.46. The van der Waals surface area contributed by atoms with Crippen molar-refractivity contribution in [3.8, 4) is 0 Å². The van der Waals surface area contributed by atoms with Crippen LogP contribution in [-0.2, 0) is 24.2 Å². The van der Waals surface area contributed by atoms with Crippen LogP contribution in [0.1, 0.15) is 16.8 Å². The van der Waals surface area contributed by atoms with E-state index in [2.05, 4.69) is 4.98 Å². The molecule has 2 aromatic rings. The molecule has 0 unspecified atom stereocenters. The quantitative estimate of drug-likeness (QED) is 0.879. The van der Waals surface area contributed by atoms with Crippen LogP contribution in [0.15, 0.2) is 48.7 Å². The van der Waals surface area contributed by atoms with Gasteiger partial charge in [0.1, 0.15) is 0 Å². The van der Waals surface area contributed by atoms with Gasteiger partial charge in [0.2, 0.25) is 5.91 Å². The smallest absolute Gasteiger partial charge is 0.226 e. The van der Waals surface area contributed by atoms with Gasteiger partial charge in [-0.05, 0) is 23.3 Å². The van der Waals surface area contributed by atoms with Crippen LogP contribution >= 0.6 is 0 Å². The number of amides is 1. The average Bonchev–Trinajstić information content (AvgIpc) is 2.54. The Balaban J connectivity index is 1.84. The van der Waals surface area contributed by atoms with Gasteiger partial charge in [0.15, 0.2) is 0 Å². The first kappa shape index (κ1) is 15.2. The van der Waals surface area contributed by atoms with Crippen molar-refractivity contribution in [2.24, 2.45) is 5.73 Å². The van der Waals surface area contributed by atoms with Crippen LogP contribution in [0, 0.1) is 0 Å². The molecule has 1 amide bonds. The molecular weight excluding hydrogens is 262 g/mol. The fourth-order valence-corrected chi connectivity index (χ4v) is 2.06. The molecule has 0 spiro atoms. The Hall–Kier alpha value is -2.20. The molecule has 1 aromatic carbocycles. The summed E-state index contributed by atoms with van der Waals surface area (Å²) in [4.78, 5) is 18.2. The van der Waals surface area contributed by atoms with Gasteiger partial charge in [0.25, 0.3) is 0 Å². The maximum absolute atomic E-state index is 12.2. The molecule has 4 heteroatoms. The van der Waals surface area contributed by atoms with Crippen molar-refractivity contribution in [1.82, 2.24) is 9.88 Å². The van der Waals surface area contributed by atoms with Crippen molar-refractivity contribution >= 4 is 5.91 Å². The molecular formula is C17H21N3O. The highest BCUT2D eigenvalue weighted by atomic mass is 16.2. The van der Waals surface area contributed by atoms with E-state index in [-0.39, 0.29) is 5.91 Å². The van der Waals surface area contributed by atoms with E-state index >= 15 is 0 Å². The number of benzene rings is 1. The van der Waals surface area contributed by atoms with Crippen LogP contribution in [0.25, 0.3) is 0 Å². The second-order valence-corrected chi connectivity index (χ2v) is 5.08.